The van der Waals surface area contributed by atoms with Gasteiger partial charge in [0.1, 0.15) is 5.69 Å². The van der Waals surface area contributed by atoms with E-state index >= 15 is 0 Å². The molecule has 1 aromatic carbocycles. The number of fused-ring (bicyclic) bond motifs is 1. The second-order valence-electron chi connectivity index (χ2n) is 4.08. The quantitative estimate of drug-likeness (QED) is 0.778. The van der Waals surface area contributed by atoms with Gasteiger partial charge in [0.15, 0.2) is 4.96 Å². The molecule has 0 aliphatic heterocycles. The zero-order chi connectivity index (χ0) is 15.0. The summed E-state index contributed by atoms with van der Waals surface area (Å²) in [6.45, 7) is 0. The summed E-state index contributed by atoms with van der Waals surface area (Å²) in [6, 6.07) is 4.74. The van der Waals surface area contributed by atoms with E-state index in [0.717, 1.165) is 0 Å². The lowest BCUT2D eigenvalue weighted by Gasteiger charge is -2.07. The Labute approximate surface area is 132 Å². The van der Waals surface area contributed by atoms with Crippen LogP contribution in [0.3, 0.4) is 0 Å². The molecule has 8 heteroatoms. The van der Waals surface area contributed by atoms with Gasteiger partial charge in [-0.15, -0.1) is 11.3 Å². The third-order valence-corrected chi connectivity index (χ3v) is 4.18. The zero-order valence-corrected chi connectivity index (χ0v) is 12.7. The first-order chi connectivity index (χ1) is 10.1. The van der Waals surface area contributed by atoms with Crippen molar-refractivity contribution >= 4 is 51.1 Å². The van der Waals surface area contributed by atoms with E-state index in [2.05, 4.69) is 10.3 Å². The number of nitrogens with zero attached hydrogens (tertiary/aromatic N) is 2. The molecule has 3 rings (SSSR count). The maximum Gasteiger partial charge on any atom is 0.282 e. The number of nitrogens with one attached hydrogen (secondary N) is 1. The van der Waals surface area contributed by atoms with Gasteiger partial charge in [-0.25, -0.2) is 4.98 Å². The van der Waals surface area contributed by atoms with Crippen molar-refractivity contribution in [2.24, 2.45) is 0 Å². The van der Waals surface area contributed by atoms with Crippen LogP contribution in [-0.2, 0) is 0 Å². The molecule has 0 saturated carbocycles. The molecule has 21 heavy (non-hydrogen) atoms. The standard InChI is InChI=1S/C13H7Cl2N3O2S/c14-7-2-1-3-8(15)10(7)11(19)17-9-6-16-13-18(12(9)20)4-5-21-13/h1-6H,(H,17,19). The molecule has 0 saturated heterocycles. The topological polar surface area (TPSA) is 63.5 Å². The first-order valence-electron chi connectivity index (χ1n) is 5.78. The van der Waals surface area contributed by atoms with Crippen LogP contribution in [0.25, 0.3) is 4.96 Å². The van der Waals surface area contributed by atoms with E-state index in [0.29, 0.717) is 4.96 Å². The Hall–Kier alpha value is -1.89. The van der Waals surface area contributed by atoms with Crippen molar-refractivity contribution in [3.63, 3.8) is 0 Å². The van der Waals surface area contributed by atoms with Crippen LogP contribution < -0.4 is 10.9 Å². The van der Waals surface area contributed by atoms with Crippen LogP contribution in [0.2, 0.25) is 10.0 Å². The Morgan fingerprint density at radius 2 is 2.00 bits per heavy atom. The monoisotopic (exact) mass is 339 g/mol. The molecule has 3 aromatic rings. The van der Waals surface area contributed by atoms with Crippen molar-refractivity contribution in [2.45, 2.75) is 0 Å². The van der Waals surface area contributed by atoms with Gasteiger partial charge < -0.3 is 5.32 Å². The third-order valence-electron chi connectivity index (χ3n) is 2.78. The Morgan fingerprint density at radius 1 is 1.29 bits per heavy atom. The lowest BCUT2D eigenvalue weighted by atomic mass is 10.2. The number of amides is 1. The van der Waals surface area contributed by atoms with Crippen LogP contribution in [-0.4, -0.2) is 15.3 Å². The van der Waals surface area contributed by atoms with Crippen LogP contribution in [0, 0.1) is 0 Å². The molecule has 0 radical (unpaired) electrons. The minimum absolute atomic E-state index is 0.0619. The third kappa shape index (κ3) is 2.53. The number of anilines is 1. The first kappa shape index (κ1) is 14.1. The predicted octanol–water partition coefficient (Wildman–Crippen LogP) is 3.32. The molecule has 0 bridgehead atoms. The molecule has 0 aliphatic carbocycles. The molecule has 0 spiro atoms. The number of benzene rings is 1. The van der Waals surface area contributed by atoms with E-state index in [1.807, 2.05) is 0 Å². The number of thiazole rings is 1. The number of carbonyl (C=O) groups is 1. The average molecular weight is 340 g/mol. The number of carbonyl (C=O) groups excluding carboxylic acids is 1. The van der Waals surface area contributed by atoms with Gasteiger partial charge in [0.25, 0.3) is 11.5 Å². The molecule has 0 fully saturated rings. The molecule has 106 valence electrons. The van der Waals surface area contributed by atoms with Crippen molar-refractivity contribution in [1.29, 1.82) is 0 Å². The SMILES string of the molecule is O=C(Nc1cnc2sccn2c1=O)c1c(Cl)cccc1Cl. The highest BCUT2D eigenvalue weighted by Gasteiger charge is 2.16. The van der Waals surface area contributed by atoms with E-state index < -0.39 is 5.91 Å². The average Bonchev–Trinajstić information content (AvgIpc) is 2.91. The van der Waals surface area contributed by atoms with E-state index in [-0.39, 0.29) is 26.9 Å². The van der Waals surface area contributed by atoms with E-state index in [1.165, 1.54) is 21.9 Å². The maximum atomic E-state index is 12.2. The van der Waals surface area contributed by atoms with Gasteiger partial charge in [0.05, 0.1) is 21.8 Å². The van der Waals surface area contributed by atoms with Gasteiger partial charge in [-0.3, -0.25) is 14.0 Å². The lowest BCUT2D eigenvalue weighted by molar-refractivity contribution is 0.102. The first-order valence-corrected chi connectivity index (χ1v) is 7.41. The van der Waals surface area contributed by atoms with Crippen molar-refractivity contribution in [2.75, 3.05) is 5.32 Å². The minimum atomic E-state index is -0.556. The Morgan fingerprint density at radius 3 is 2.71 bits per heavy atom. The summed E-state index contributed by atoms with van der Waals surface area (Å²) in [4.78, 5) is 29.0. The van der Waals surface area contributed by atoms with E-state index in [4.69, 9.17) is 23.2 Å². The largest absolute Gasteiger partial charge is 0.316 e. The summed E-state index contributed by atoms with van der Waals surface area (Å²) in [5, 5.41) is 4.65. The normalized spacial score (nSPS) is 10.8. The Kier molecular flexibility index (Phi) is 3.67. The zero-order valence-electron chi connectivity index (χ0n) is 10.3. The number of halogens is 2. The van der Waals surface area contributed by atoms with Crippen molar-refractivity contribution < 1.29 is 4.79 Å². The van der Waals surface area contributed by atoms with Gasteiger partial charge in [0.2, 0.25) is 0 Å². The van der Waals surface area contributed by atoms with Crippen molar-refractivity contribution in [1.82, 2.24) is 9.38 Å². The summed E-state index contributed by atoms with van der Waals surface area (Å²) in [5.74, 6) is -0.556. The number of hydrogen-bond acceptors (Lipinski definition) is 4. The summed E-state index contributed by atoms with van der Waals surface area (Å²) in [6.07, 6.45) is 2.91. The smallest absolute Gasteiger partial charge is 0.282 e. The maximum absolute atomic E-state index is 12.2. The molecular weight excluding hydrogens is 333 g/mol. The number of rotatable bonds is 2. The fraction of sp³-hybridized carbons (Fsp3) is 0. The van der Waals surface area contributed by atoms with E-state index in [9.17, 15) is 9.59 Å². The van der Waals surface area contributed by atoms with Crippen LogP contribution in [0.1, 0.15) is 10.4 Å². The molecule has 0 aliphatic rings. The van der Waals surface area contributed by atoms with Gasteiger partial charge in [-0.2, -0.15) is 0 Å². The van der Waals surface area contributed by atoms with Gasteiger partial charge >= 0.3 is 0 Å². The molecule has 0 unspecified atom stereocenters. The minimum Gasteiger partial charge on any atom is -0.316 e. The highest BCUT2D eigenvalue weighted by molar-refractivity contribution is 7.15. The van der Waals surface area contributed by atoms with Crippen molar-refractivity contribution in [3.8, 4) is 0 Å². The second kappa shape index (κ2) is 5.48. The lowest BCUT2D eigenvalue weighted by Crippen LogP contribution is -2.22. The fourth-order valence-corrected chi connectivity index (χ4v) is 3.05. The summed E-state index contributed by atoms with van der Waals surface area (Å²) in [5.41, 5.74) is -0.180. The van der Waals surface area contributed by atoms with Gasteiger partial charge in [-0.1, -0.05) is 29.3 Å². The molecule has 1 N–H and O–H groups in total. The summed E-state index contributed by atoms with van der Waals surface area (Å²) in [7, 11) is 0. The molecule has 1 amide bonds. The summed E-state index contributed by atoms with van der Waals surface area (Å²) < 4.78 is 1.36. The van der Waals surface area contributed by atoms with Crippen LogP contribution in [0.15, 0.2) is 40.8 Å². The molecule has 2 heterocycles. The number of hydrogen-bond donors (Lipinski definition) is 1. The van der Waals surface area contributed by atoms with Gasteiger partial charge in [-0.05, 0) is 12.1 Å². The predicted molar refractivity (Wildman–Crippen MR) is 83.8 cm³/mol. The van der Waals surface area contributed by atoms with Gasteiger partial charge in [0, 0.05) is 11.6 Å². The number of aromatic nitrogens is 2. The van der Waals surface area contributed by atoms with Crippen LogP contribution in [0.4, 0.5) is 5.69 Å². The van der Waals surface area contributed by atoms with Crippen LogP contribution >= 0.6 is 34.5 Å². The molecule has 5 nitrogen and oxygen atoms in total. The van der Waals surface area contributed by atoms with Crippen LogP contribution in [0.5, 0.6) is 0 Å². The van der Waals surface area contributed by atoms with Crippen molar-refractivity contribution in [3.05, 3.63) is 61.9 Å². The van der Waals surface area contributed by atoms with E-state index in [1.54, 1.807) is 29.8 Å². The fourth-order valence-electron chi connectivity index (χ4n) is 1.81. The Balaban J connectivity index is 2.00. The Bertz CT molecular complexity index is 884. The molecule has 0 atom stereocenters. The summed E-state index contributed by atoms with van der Waals surface area (Å²) >= 11 is 13.3. The second-order valence-corrected chi connectivity index (χ2v) is 5.77. The highest BCUT2D eigenvalue weighted by atomic mass is 35.5. The molecular formula is C13H7Cl2N3O2S. The highest BCUT2D eigenvalue weighted by Crippen LogP contribution is 2.24. The molecule has 2 aromatic heterocycles.